The third-order valence-electron chi connectivity index (χ3n) is 11.1. The molecule has 0 saturated carbocycles. The van der Waals surface area contributed by atoms with Gasteiger partial charge >= 0.3 is 7.82 Å². The second-order valence-electron chi connectivity index (χ2n) is 16.4. The highest BCUT2D eigenvalue weighted by atomic mass is 31.2. The van der Waals surface area contributed by atoms with E-state index in [0.717, 1.165) is 24.8 Å². The Hall–Kier alpha value is -3.47. The van der Waals surface area contributed by atoms with E-state index in [1.807, 2.05) is 6.07 Å². The van der Waals surface area contributed by atoms with Crippen LogP contribution in [0.3, 0.4) is 0 Å². The molecule has 15 nitrogen and oxygen atoms in total. The molecule has 6 atom stereocenters. The molecule has 0 spiro atoms. The fraction of sp³-hybridized carbons (Fsp3) is 0.682. The lowest BCUT2D eigenvalue weighted by atomic mass is 9.92. The molecule has 2 aliphatic rings. The van der Waals surface area contributed by atoms with E-state index in [1.165, 1.54) is 94.3 Å². The lowest BCUT2D eigenvalue weighted by Crippen LogP contribution is -2.40. The van der Waals surface area contributed by atoms with Gasteiger partial charge in [0.05, 0.1) is 43.8 Å². The van der Waals surface area contributed by atoms with E-state index < -0.39 is 50.2 Å². The zero-order chi connectivity index (χ0) is 42.9. The number of unbranched alkanes of at least 4 members (excludes halogenated alkanes) is 15. The van der Waals surface area contributed by atoms with Crippen molar-refractivity contribution in [2.24, 2.45) is 0 Å². The first-order chi connectivity index (χ1) is 29.0. The van der Waals surface area contributed by atoms with Gasteiger partial charge in [-0.2, -0.15) is 15.6 Å². The first kappa shape index (κ1) is 47.6. The minimum Gasteiger partial charge on any atom is -0.382 e. The molecule has 3 N–H and O–H groups in total. The van der Waals surface area contributed by atoms with Crippen LogP contribution < -0.4 is 5.73 Å². The average Bonchev–Trinajstić information content (AvgIpc) is 3.91. The SMILES string of the molecule is CCCCCCCCCCCCCCCCCCOC[C@H](COP(=O)(O)OC[C@H]1O[C@@](C#N)(c2ccc3c(N)ncnn23)[C@@H]2OC(C)(C)O[C@@H]21)OCc1cccc(C#N)c1. The van der Waals surface area contributed by atoms with Crippen molar-refractivity contribution in [3.63, 3.8) is 0 Å². The third-order valence-corrected chi connectivity index (χ3v) is 12.0. The molecule has 60 heavy (non-hydrogen) atoms. The third kappa shape index (κ3) is 13.8. The monoisotopic (exact) mass is 852 g/mol. The van der Waals surface area contributed by atoms with E-state index in [4.69, 9.17) is 38.5 Å². The summed E-state index contributed by atoms with van der Waals surface area (Å²) < 4.78 is 56.4. The molecule has 3 aromatic rings. The Bertz CT molecular complexity index is 1900. The van der Waals surface area contributed by atoms with Crippen molar-refractivity contribution in [3.05, 3.63) is 59.5 Å². The summed E-state index contributed by atoms with van der Waals surface area (Å²) >= 11 is 0. The van der Waals surface area contributed by atoms with Crippen molar-refractivity contribution in [1.29, 1.82) is 10.5 Å². The molecule has 1 aromatic carbocycles. The summed E-state index contributed by atoms with van der Waals surface area (Å²) in [7, 11) is -4.69. The number of phosphoric ester groups is 1. The number of hydrogen-bond donors (Lipinski definition) is 2. The summed E-state index contributed by atoms with van der Waals surface area (Å²) in [6, 6.07) is 14.7. The van der Waals surface area contributed by atoms with E-state index in [1.54, 1.807) is 44.2 Å². The highest BCUT2D eigenvalue weighted by Crippen LogP contribution is 2.51. The molecule has 0 radical (unpaired) electrons. The summed E-state index contributed by atoms with van der Waals surface area (Å²) in [6.07, 6.45) is 18.3. The van der Waals surface area contributed by atoms with Crippen molar-refractivity contribution in [3.8, 4) is 12.1 Å². The standard InChI is InChI=1S/C44H65N6O9P/c1-4-5-6-7-8-9-10-11-12-13-14-15-16-17-18-19-25-53-29-36(54-28-35-22-20-21-34(26-35)27-45)30-55-60(51,52)56-31-38-40-41(59-43(2,3)58-40)44(32-46,57-38)39-24-23-37-42(47)48-33-49-50(37)39/h20-24,26,33,36,38,40-41H,4-19,25,28-31H2,1-3H3,(H,51,52)(H2,47,48,49)/t36-,38-,40-,41-,44+/m1/s1. The van der Waals surface area contributed by atoms with E-state index in [2.05, 4.69) is 29.1 Å². The minimum absolute atomic E-state index is 0.121. The van der Waals surface area contributed by atoms with Crippen LogP contribution in [0.25, 0.3) is 5.52 Å². The maximum atomic E-state index is 13.3. The second kappa shape index (κ2) is 23.7. The molecule has 1 unspecified atom stereocenters. The summed E-state index contributed by atoms with van der Waals surface area (Å²) in [6.45, 7) is 5.69. The van der Waals surface area contributed by atoms with E-state index in [9.17, 15) is 20.0 Å². The summed E-state index contributed by atoms with van der Waals surface area (Å²) in [4.78, 5) is 14.9. The lowest BCUT2D eigenvalue weighted by molar-refractivity contribution is -0.204. The average molecular weight is 853 g/mol. The van der Waals surface area contributed by atoms with Gasteiger partial charge in [-0.05, 0) is 50.1 Å². The Morgan fingerprint density at radius 3 is 2.22 bits per heavy atom. The van der Waals surface area contributed by atoms with Crippen molar-refractivity contribution in [1.82, 2.24) is 14.6 Å². The predicted molar refractivity (Wildman–Crippen MR) is 225 cm³/mol. The largest absolute Gasteiger partial charge is 0.472 e. The van der Waals surface area contributed by atoms with Crippen molar-refractivity contribution in [2.75, 3.05) is 32.2 Å². The number of benzene rings is 1. The van der Waals surface area contributed by atoms with Crippen molar-refractivity contribution in [2.45, 2.75) is 166 Å². The number of hydrogen-bond acceptors (Lipinski definition) is 13. The van der Waals surface area contributed by atoms with E-state index >= 15 is 0 Å². The van der Waals surface area contributed by atoms with Gasteiger partial charge in [0.25, 0.3) is 0 Å². The molecule has 16 heteroatoms. The number of rotatable bonds is 29. The maximum Gasteiger partial charge on any atom is 0.472 e. The molecule has 5 rings (SSSR count). The maximum absolute atomic E-state index is 13.3. The van der Waals surface area contributed by atoms with Gasteiger partial charge in [0, 0.05) is 6.61 Å². The fourth-order valence-electron chi connectivity index (χ4n) is 7.90. The van der Waals surface area contributed by atoms with Crippen molar-refractivity contribution >= 4 is 19.2 Å². The van der Waals surface area contributed by atoms with Gasteiger partial charge in [-0.1, -0.05) is 115 Å². The van der Waals surface area contributed by atoms with Gasteiger partial charge in [-0.3, -0.25) is 9.05 Å². The number of fused-ring (bicyclic) bond motifs is 2. The lowest BCUT2D eigenvalue weighted by Gasteiger charge is -2.29. The number of phosphoric acid groups is 1. The normalized spacial score (nSPS) is 22.3. The molecule has 2 aliphatic heterocycles. The van der Waals surface area contributed by atoms with Crippen LogP contribution in [-0.2, 0) is 49.5 Å². The highest BCUT2D eigenvalue weighted by molar-refractivity contribution is 7.47. The van der Waals surface area contributed by atoms with Gasteiger partial charge in [-0.15, -0.1) is 0 Å². The molecule has 2 saturated heterocycles. The molecule has 0 amide bonds. The first-order valence-corrected chi connectivity index (χ1v) is 23.3. The van der Waals surface area contributed by atoms with Gasteiger partial charge in [0.2, 0.25) is 5.60 Å². The molecular formula is C44H65N6O9P. The molecule has 0 bridgehead atoms. The zero-order valence-electron chi connectivity index (χ0n) is 35.7. The Morgan fingerprint density at radius 1 is 0.900 bits per heavy atom. The van der Waals surface area contributed by atoms with Crippen LogP contribution in [0, 0.1) is 22.7 Å². The fourth-order valence-corrected chi connectivity index (χ4v) is 8.67. The molecule has 2 fully saturated rings. The second-order valence-corrected chi connectivity index (χ2v) is 17.8. The number of nitrogens with zero attached hydrogens (tertiary/aromatic N) is 5. The quantitative estimate of drug-likeness (QED) is 0.0495. The first-order valence-electron chi connectivity index (χ1n) is 21.8. The van der Waals surface area contributed by atoms with Crippen LogP contribution in [0.15, 0.2) is 42.7 Å². The van der Waals surface area contributed by atoms with Crippen LogP contribution >= 0.6 is 7.82 Å². The highest BCUT2D eigenvalue weighted by Gasteiger charge is 2.65. The van der Waals surface area contributed by atoms with E-state index in [-0.39, 0.29) is 25.6 Å². The number of nitrogen functional groups attached to an aromatic ring is 1. The summed E-state index contributed by atoms with van der Waals surface area (Å²) in [5, 5.41) is 24.2. The van der Waals surface area contributed by atoms with Gasteiger partial charge in [0.15, 0.2) is 11.6 Å². The Balaban J connectivity index is 1.07. The van der Waals surface area contributed by atoms with Gasteiger partial charge < -0.3 is 34.3 Å². The van der Waals surface area contributed by atoms with E-state index in [0.29, 0.717) is 23.4 Å². The van der Waals surface area contributed by atoms with Gasteiger partial charge in [0.1, 0.15) is 42.3 Å². The van der Waals surface area contributed by atoms with Gasteiger partial charge in [-0.25, -0.2) is 14.1 Å². The van der Waals surface area contributed by atoms with Crippen LogP contribution in [-0.4, -0.2) is 76.1 Å². The Labute approximate surface area is 355 Å². The molecule has 0 aliphatic carbocycles. The minimum atomic E-state index is -4.69. The summed E-state index contributed by atoms with van der Waals surface area (Å²) in [5.41, 5.74) is 6.38. The number of anilines is 1. The molecular weight excluding hydrogens is 787 g/mol. The topological polar surface area (TPSA) is 206 Å². The number of ether oxygens (including phenoxy) is 5. The molecule has 330 valence electrons. The zero-order valence-corrected chi connectivity index (χ0v) is 36.6. The Morgan fingerprint density at radius 2 is 1.57 bits per heavy atom. The van der Waals surface area contributed by atoms with Crippen LogP contribution in [0.5, 0.6) is 0 Å². The molecule has 2 aromatic heterocycles. The summed E-state index contributed by atoms with van der Waals surface area (Å²) in [5.74, 6) is -0.881. The van der Waals surface area contributed by atoms with Crippen LogP contribution in [0.2, 0.25) is 0 Å². The molecule has 4 heterocycles. The smallest absolute Gasteiger partial charge is 0.382 e. The number of nitrogens with two attached hydrogens (primary N) is 1. The number of aromatic nitrogens is 3. The predicted octanol–water partition coefficient (Wildman–Crippen LogP) is 8.82. The van der Waals surface area contributed by atoms with Crippen LogP contribution in [0.4, 0.5) is 5.82 Å². The van der Waals surface area contributed by atoms with Crippen molar-refractivity contribution < 1.29 is 42.2 Å². The van der Waals surface area contributed by atoms with Crippen LogP contribution in [0.1, 0.15) is 140 Å². The Kier molecular flexibility index (Phi) is 18.8. The number of nitriles is 2.